The Labute approximate surface area is 228 Å². The maximum atomic E-state index is 12.1. The van der Waals surface area contributed by atoms with Crippen molar-refractivity contribution >= 4 is 29.7 Å². The van der Waals surface area contributed by atoms with Gasteiger partial charge >= 0.3 is 5.97 Å². The van der Waals surface area contributed by atoms with Gasteiger partial charge in [0, 0.05) is 16.3 Å². The molecule has 0 amide bonds. The summed E-state index contributed by atoms with van der Waals surface area (Å²) in [7, 11) is 0. The van der Waals surface area contributed by atoms with E-state index in [1.165, 1.54) is 43.2 Å². The molecule has 0 fully saturated rings. The minimum Gasteiger partial charge on any atom is -0.460 e. The molecule has 0 saturated carbocycles. The Morgan fingerprint density at radius 1 is 0.892 bits per heavy atom. The highest BCUT2D eigenvalue weighted by molar-refractivity contribution is 7.98. The zero-order valence-corrected chi connectivity index (χ0v) is 23.7. The lowest BCUT2D eigenvalue weighted by Crippen LogP contribution is -2.15. The third-order valence-corrected chi connectivity index (χ3v) is 8.08. The van der Waals surface area contributed by atoms with Gasteiger partial charge in [0.05, 0.1) is 13.2 Å². The number of furan rings is 1. The van der Waals surface area contributed by atoms with Crippen LogP contribution in [0.25, 0.3) is 11.1 Å². The van der Waals surface area contributed by atoms with Gasteiger partial charge in [-0.3, -0.25) is 0 Å². The van der Waals surface area contributed by atoms with Crippen LogP contribution in [0.3, 0.4) is 0 Å². The van der Waals surface area contributed by atoms with E-state index in [4.69, 9.17) is 9.15 Å². The molecular weight excluding hydrogens is 498 g/mol. The van der Waals surface area contributed by atoms with Gasteiger partial charge in [-0.15, -0.1) is 11.8 Å². The Morgan fingerprint density at radius 2 is 1.62 bits per heavy atom. The molecule has 4 nitrogen and oxygen atoms in total. The van der Waals surface area contributed by atoms with E-state index in [-0.39, 0.29) is 5.76 Å². The minimum atomic E-state index is -0.431. The number of carbonyl (C=O) groups is 1. The summed E-state index contributed by atoms with van der Waals surface area (Å²) in [6.07, 6.45) is 2.10. The van der Waals surface area contributed by atoms with Crippen molar-refractivity contribution < 1.29 is 13.9 Å². The normalized spacial score (nSPS) is 11.2. The molecule has 0 radical (unpaired) electrons. The molecule has 0 N–H and O–H groups in total. The lowest BCUT2D eigenvalue weighted by molar-refractivity contribution is 0.0487. The molecule has 1 aromatic heterocycles. The van der Waals surface area contributed by atoms with Crippen molar-refractivity contribution in [3.8, 4) is 11.1 Å². The lowest BCUT2D eigenvalue weighted by atomic mass is 10.0. The summed E-state index contributed by atoms with van der Waals surface area (Å²) >= 11 is 3.48. The van der Waals surface area contributed by atoms with Crippen LogP contribution in [0.2, 0.25) is 0 Å². The van der Waals surface area contributed by atoms with E-state index in [9.17, 15) is 4.79 Å². The molecule has 0 aliphatic heterocycles. The maximum Gasteiger partial charge on any atom is 0.374 e. The van der Waals surface area contributed by atoms with E-state index in [1.807, 2.05) is 6.07 Å². The predicted octanol–water partition coefficient (Wildman–Crippen LogP) is 8.48. The van der Waals surface area contributed by atoms with E-state index in [0.717, 1.165) is 12.3 Å². The number of ether oxygens (including phenoxy) is 1. The van der Waals surface area contributed by atoms with Gasteiger partial charge in [-0.1, -0.05) is 54.1 Å². The van der Waals surface area contributed by atoms with Crippen molar-refractivity contribution in [3.05, 3.63) is 107 Å². The van der Waals surface area contributed by atoms with Crippen LogP contribution in [-0.4, -0.2) is 23.1 Å². The third-order valence-electron chi connectivity index (χ3n) is 6.01. The fraction of sp³-hybridized carbons (Fsp3) is 0.258. The van der Waals surface area contributed by atoms with Gasteiger partial charge < -0.3 is 9.15 Å². The molecule has 0 aliphatic rings. The highest BCUT2D eigenvalue weighted by atomic mass is 32.2. The zero-order valence-electron chi connectivity index (χ0n) is 22.0. The molecular formula is C31H33NO3S2. The van der Waals surface area contributed by atoms with E-state index in [0.29, 0.717) is 13.2 Å². The van der Waals surface area contributed by atoms with Gasteiger partial charge in [0.2, 0.25) is 5.76 Å². The smallest absolute Gasteiger partial charge is 0.374 e. The molecule has 6 heteroatoms. The molecule has 4 rings (SSSR count). The summed E-state index contributed by atoms with van der Waals surface area (Å²) < 4.78 is 13.2. The van der Waals surface area contributed by atoms with Gasteiger partial charge in [-0.25, -0.2) is 9.10 Å². The first kappa shape index (κ1) is 27.1. The number of hydrogen-bond acceptors (Lipinski definition) is 6. The summed E-state index contributed by atoms with van der Waals surface area (Å²) in [5.74, 6) is 0.532. The Morgan fingerprint density at radius 3 is 2.30 bits per heavy atom. The van der Waals surface area contributed by atoms with E-state index in [1.54, 1.807) is 36.7 Å². The van der Waals surface area contributed by atoms with Gasteiger partial charge in [-0.05, 0) is 98.0 Å². The van der Waals surface area contributed by atoms with Crippen molar-refractivity contribution in [2.45, 2.75) is 50.6 Å². The number of rotatable bonds is 10. The second-order valence-electron chi connectivity index (χ2n) is 9.03. The number of benzene rings is 3. The second-order valence-corrected chi connectivity index (χ2v) is 11.0. The molecule has 0 aliphatic carbocycles. The topological polar surface area (TPSA) is 42.7 Å². The molecule has 0 spiro atoms. The van der Waals surface area contributed by atoms with Crippen LogP contribution in [0.1, 0.15) is 45.5 Å². The molecule has 0 atom stereocenters. The Hall–Kier alpha value is -2.93. The van der Waals surface area contributed by atoms with Gasteiger partial charge in [0.25, 0.3) is 0 Å². The second kappa shape index (κ2) is 12.5. The van der Waals surface area contributed by atoms with E-state index >= 15 is 0 Å². The fourth-order valence-corrected chi connectivity index (χ4v) is 5.85. The fourth-order valence-electron chi connectivity index (χ4n) is 4.32. The number of esters is 1. The quantitative estimate of drug-likeness (QED) is 0.116. The van der Waals surface area contributed by atoms with Crippen molar-refractivity contribution in [1.29, 1.82) is 0 Å². The molecule has 0 saturated heterocycles. The number of thioether (sulfide) groups is 1. The first-order valence-electron chi connectivity index (χ1n) is 12.4. The van der Waals surface area contributed by atoms with Gasteiger partial charge in [0.1, 0.15) is 5.76 Å². The van der Waals surface area contributed by atoms with Crippen LogP contribution < -0.4 is 0 Å². The number of aryl methyl sites for hydroxylation is 3. The molecule has 3 aromatic carbocycles. The first-order chi connectivity index (χ1) is 17.9. The van der Waals surface area contributed by atoms with Crippen LogP contribution in [0.15, 0.2) is 87.0 Å². The SMILES string of the molecule is CCOC(=O)c1ccc(CN(Cc2ccc(-c3cccc(SC)c3)cc2)Sc2c(C)cc(C)cc2C)o1. The van der Waals surface area contributed by atoms with Crippen molar-refractivity contribution in [3.63, 3.8) is 0 Å². The van der Waals surface area contributed by atoms with Crippen LogP contribution in [0.5, 0.6) is 0 Å². The molecule has 1 heterocycles. The van der Waals surface area contributed by atoms with Crippen molar-refractivity contribution in [2.75, 3.05) is 12.9 Å². The minimum absolute atomic E-state index is 0.237. The summed E-state index contributed by atoms with van der Waals surface area (Å²) in [4.78, 5) is 14.6. The van der Waals surface area contributed by atoms with Crippen LogP contribution >= 0.6 is 23.7 Å². The summed E-state index contributed by atoms with van der Waals surface area (Å²) in [5.41, 5.74) is 7.40. The van der Waals surface area contributed by atoms with Crippen LogP contribution in [0.4, 0.5) is 0 Å². The summed E-state index contributed by atoms with van der Waals surface area (Å²) in [5, 5.41) is 0. The number of hydrogen-bond donors (Lipinski definition) is 0. The highest BCUT2D eigenvalue weighted by Gasteiger charge is 2.18. The average molecular weight is 532 g/mol. The summed E-state index contributed by atoms with van der Waals surface area (Å²) in [6.45, 7) is 9.82. The number of carbonyl (C=O) groups excluding carboxylic acids is 1. The van der Waals surface area contributed by atoms with Crippen LogP contribution in [-0.2, 0) is 17.8 Å². The van der Waals surface area contributed by atoms with Crippen molar-refractivity contribution in [1.82, 2.24) is 4.31 Å². The highest BCUT2D eigenvalue weighted by Crippen LogP contribution is 2.33. The Bertz CT molecular complexity index is 1340. The Kier molecular flexibility index (Phi) is 9.19. The first-order valence-corrected chi connectivity index (χ1v) is 14.4. The molecule has 0 unspecified atom stereocenters. The van der Waals surface area contributed by atoms with Crippen molar-refractivity contribution in [2.24, 2.45) is 0 Å². The molecule has 4 aromatic rings. The van der Waals surface area contributed by atoms with E-state index < -0.39 is 5.97 Å². The number of nitrogens with zero attached hydrogens (tertiary/aromatic N) is 1. The Balaban J connectivity index is 1.57. The molecule has 192 valence electrons. The standard InChI is InChI=1S/C31H33NO3S2/c1-6-34-31(33)29-15-14-27(35-29)20-32(37-30-22(3)16-21(2)17-23(30)4)19-24-10-12-25(13-11-24)26-8-7-9-28(18-26)36-5/h7-18H,6,19-20H2,1-5H3. The summed E-state index contributed by atoms with van der Waals surface area (Å²) in [6, 6.07) is 25.4. The molecule has 37 heavy (non-hydrogen) atoms. The van der Waals surface area contributed by atoms with Gasteiger partial charge in [-0.2, -0.15) is 0 Å². The van der Waals surface area contributed by atoms with Gasteiger partial charge in [0.15, 0.2) is 0 Å². The lowest BCUT2D eigenvalue weighted by Gasteiger charge is -2.23. The maximum absolute atomic E-state index is 12.1. The van der Waals surface area contributed by atoms with E-state index in [2.05, 4.69) is 92.0 Å². The largest absolute Gasteiger partial charge is 0.460 e. The average Bonchev–Trinajstić information content (AvgIpc) is 3.35. The molecule has 0 bridgehead atoms. The van der Waals surface area contributed by atoms with Crippen LogP contribution in [0, 0.1) is 20.8 Å². The zero-order chi connectivity index (χ0) is 26.4. The third kappa shape index (κ3) is 7.10. The predicted molar refractivity (Wildman–Crippen MR) is 154 cm³/mol. The monoisotopic (exact) mass is 531 g/mol.